The molecule has 0 bridgehead atoms. The summed E-state index contributed by atoms with van der Waals surface area (Å²) in [6.45, 7) is 3.72. The molecule has 1 aromatic heterocycles. The smallest absolute Gasteiger partial charge is 0.250 e. The van der Waals surface area contributed by atoms with Crippen molar-refractivity contribution >= 4 is 11.8 Å². The zero-order chi connectivity index (χ0) is 15.0. The van der Waals surface area contributed by atoms with E-state index in [1.165, 1.54) is 11.8 Å². The second-order valence-electron chi connectivity index (χ2n) is 4.53. The number of carbonyl (C=O) groups is 1. The highest BCUT2D eigenvalue weighted by Gasteiger charge is 2.07. The number of aryl methyl sites for hydroxylation is 2. The number of allylic oxidation sites excluding steroid dienone is 3. The van der Waals surface area contributed by atoms with Crippen LogP contribution in [0.2, 0.25) is 0 Å². The van der Waals surface area contributed by atoms with Crippen molar-refractivity contribution in [2.75, 3.05) is 7.11 Å². The van der Waals surface area contributed by atoms with Gasteiger partial charge in [-0.3, -0.25) is 4.79 Å². The second-order valence-corrected chi connectivity index (χ2v) is 4.53. The number of rotatable bonds is 7. The molecular weight excluding hydrogens is 256 g/mol. The summed E-state index contributed by atoms with van der Waals surface area (Å²) in [5, 5.41) is 4.14. The number of ether oxygens (including phenoxy) is 1. The van der Waals surface area contributed by atoms with Gasteiger partial charge in [-0.15, -0.1) is 0 Å². The molecule has 0 fully saturated rings. The molecule has 20 heavy (non-hydrogen) atoms. The highest BCUT2D eigenvalue weighted by molar-refractivity contribution is 5.80. The molecule has 108 valence electrons. The molecule has 1 aromatic rings. The largest absolute Gasteiger partial charge is 0.490 e. The molecule has 1 heterocycles. The molecule has 5 nitrogen and oxygen atoms in total. The van der Waals surface area contributed by atoms with E-state index in [0.717, 1.165) is 24.2 Å². The van der Waals surface area contributed by atoms with E-state index in [-0.39, 0.29) is 5.91 Å². The first-order chi connectivity index (χ1) is 9.58. The van der Waals surface area contributed by atoms with E-state index in [4.69, 9.17) is 4.74 Å². The molecule has 0 saturated heterocycles. The van der Waals surface area contributed by atoms with Crippen LogP contribution < -0.4 is 0 Å². The zero-order valence-electron chi connectivity index (χ0n) is 12.2. The minimum atomic E-state index is -0.0442. The van der Waals surface area contributed by atoms with E-state index in [0.29, 0.717) is 18.6 Å². The van der Waals surface area contributed by atoms with Gasteiger partial charge in [-0.1, -0.05) is 12.2 Å². The highest BCUT2D eigenvalue weighted by atomic mass is 16.5. The molecule has 0 aliphatic heterocycles. The molecule has 0 atom stereocenters. The van der Waals surface area contributed by atoms with Crippen LogP contribution in [-0.2, 0) is 9.53 Å². The third-order valence-electron chi connectivity index (χ3n) is 2.84. The Kier molecular flexibility index (Phi) is 6.47. The summed E-state index contributed by atoms with van der Waals surface area (Å²) in [6.07, 6.45) is 6.23. The van der Waals surface area contributed by atoms with Crippen molar-refractivity contribution in [1.29, 1.82) is 0 Å². The van der Waals surface area contributed by atoms with Crippen LogP contribution in [-0.4, -0.2) is 28.7 Å². The van der Waals surface area contributed by atoms with Crippen LogP contribution in [0, 0.1) is 13.8 Å². The Balaban J connectivity index is 2.33. The second kappa shape index (κ2) is 8.12. The molecule has 0 radical (unpaired) electrons. The molecule has 0 aromatic carbocycles. The fraction of sp³-hybridized carbons (Fsp3) is 0.467. The maximum atomic E-state index is 11.9. The Labute approximate surface area is 118 Å². The van der Waals surface area contributed by atoms with Gasteiger partial charge in [0.15, 0.2) is 11.7 Å². The normalized spacial score (nSPS) is 10.6. The molecule has 0 amide bonds. The first-order valence-electron chi connectivity index (χ1n) is 6.58. The molecule has 0 spiro atoms. The summed E-state index contributed by atoms with van der Waals surface area (Å²) in [4.78, 5) is 22.3. The van der Waals surface area contributed by atoms with Crippen molar-refractivity contribution in [2.24, 2.45) is 0 Å². The van der Waals surface area contributed by atoms with Crippen LogP contribution in [0.3, 0.4) is 0 Å². The van der Waals surface area contributed by atoms with Gasteiger partial charge in [-0.25, -0.2) is 9.48 Å². The van der Waals surface area contributed by atoms with Gasteiger partial charge in [-0.05, 0) is 32.8 Å². The lowest BCUT2D eigenvalue weighted by molar-refractivity contribution is 0.0898. The first-order valence-corrected chi connectivity index (χ1v) is 6.58. The summed E-state index contributed by atoms with van der Waals surface area (Å²) < 4.78 is 6.25. The Bertz CT molecular complexity index is 537. The number of methoxy groups -OCH3 is 1. The number of hydrogen-bond donors (Lipinski definition) is 0. The van der Waals surface area contributed by atoms with Gasteiger partial charge in [0.05, 0.1) is 12.8 Å². The number of nitrogens with zero attached hydrogens (tertiary/aromatic N) is 2. The summed E-state index contributed by atoms with van der Waals surface area (Å²) in [7, 11) is 1.46. The van der Waals surface area contributed by atoms with Crippen molar-refractivity contribution in [2.45, 2.75) is 39.5 Å². The number of unbranched alkanes of at least 4 members (excludes halogenated alkanes) is 1. The molecule has 0 unspecified atom stereocenters. The van der Waals surface area contributed by atoms with Crippen LogP contribution in [0.25, 0.3) is 0 Å². The molecule has 0 aliphatic rings. The lowest BCUT2D eigenvalue weighted by Gasteiger charge is -2.00. The molecule has 0 aliphatic carbocycles. The van der Waals surface area contributed by atoms with E-state index < -0.39 is 0 Å². The van der Waals surface area contributed by atoms with Crippen LogP contribution in [0.1, 0.15) is 41.9 Å². The predicted molar refractivity (Wildman–Crippen MR) is 76.2 cm³/mol. The van der Waals surface area contributed by atoms with Crippen molar-refractivity contribution < 1.29 is 14.3 Å². The average Bonchev–Trinajstić information content (AvgIpc) is 2.77. The lowest BCUT2D eigenvalue weighted by Crippen LogP contribution is -2.12. The van der Waals surface area contributed by atoms with E-state index in [1.54, 1.807) is 5.94 Å². The molecule has 0 saturated carbocycles. The third kappa shape index (κ3) is 4.86. The van der Waals surface area contributed by atoms with Gasteiger partial charge >= 0.3 is 0 Å². The van der Waals surface area contributed by atoms with Gasteiger partial charge in [-0.2, -0.15) is 5.10 Å². The molecular formula is C15H20N2O3. The molecule has 1 rings (SSSR count). The SMILES string of the molecule is COC(=C=O)CCC/C=C/CC(=O)n1nc(C)cc1C. The van der Waals surface area contributed by atoms with Gasteiger partial charge in [0.2, 0.25) is 0 Å². The zero-order valence-corrected chi connectivity index (χ0v) is 12.2. The fourth-order valence-corrected chi connectivity index (χ4v) is 1.85. The van der Waals surface area contributed by atoms with Gasteiger partial charge < -0.3 is 4.74 Å². The van der Waals surface area contributed by atoms with Crippen LogP contribution >= 0.6 is 0 Å². The van der Waals surface area contributed by atoms with Gasteiger partial charge in [0, 0.05) is 18.5 Å². The average molecular weight is 276 g/mol. The Morgan fingerprint density at radius 3 is 2.75 bits per heavy atom. The minimum Gasteiger partial charge on any atom is -0.490 e. The van der Waals surface area contributed by atoms with Gasteiger partial charge in [0.25, 0.3) is 5.91 Å². The molecule has 0 N–H and O–H groups in total. The predicted octanol–water partition coefficient (Wildman–Crippen LogP) is 2.62. The number of aromatic nitrogens is 2. The summed E-state index contributed by atoms with van der Waals surface area (Å²) in [5.74, 6) is 2.03. The molecule has 5 heteroatoms. The number of hydrogen-bond acceptors (Lipinski definition) is 4. The van der Waals surface area contributed by atoms with E-state index in [2.05, 4.69) is 5.10 Å². The van der Waals surface area contributed by atoms with Crippen molar-refractivity contribution in [3.63, 3.8) is 0 Å². The third-order valence-corrected chi connectivity index (χ3v) is 2.84. The van der Waals surface area contributed by atoms with Gasteiger partial charge in [0.1, 0.15) is 0 Å². The van der Waals surface area contributed by atoms with Crippen LogP contribution in [0.4, 0.5) is 0 Å². The lowest BCUT2D eigenvalue weighted by atomic mass is 10.2. The van der Waals surface area contributed by atoms with Crippen LogP contribution in [0.15, 0.2) is 24.0 Å². The van der Waals surface area contributed by atoms with E-state index in [9.17, 15) is 9.59 Å². The van der Waals surface area contributed by atoms with Crippen molar-refractivity contribution in [3.8, 4) is 0 Å². The quantitative estimate of drug-likeness (QED) is 0.332. The highest BCUT2D eigenvalue weighted by Crippen LogP contribution is 2.06. The Hall–Kier alpha value is -2.13. The summed E-state index contributed by atoms with van der Waals surface area (Å²) in [5.41, 5.74) is 1.69. The maximum Gasteiger partial charge on any atom is 0.250 e. The Morgan fingerprint density at radius 2 is 2.20 bits per heavy atom. The Morgan fingerprint density at radius 1 is 1.45 bits per heavy atom. The van der Waals surface area contributed by atoms with E-state index >= 15 is 0 Å². The monoisotopic (exact) mass is 276 g/mol. The first kappa shape index (κ1) is 15.9. The van der Waals surface area contributed by atoms with Crippen molar-refractivity contribution in [3.05, 3.63) is 35.4 Å². The topological polar surface area (TPSA) is 61.2 Å². The van der Waals surface area contributed by atoms with Crippen LogP contribution in [0.5, 0.6) is 0 Å². The van der Waals surface area contributed by atoms with E-state index in [1.807, 2.05) is 32.1 Å². The number of carbonyl (C=O) groups excluding carboxylic acids is 2. The summed E-state index contributed by atoms with van der Waals surface area (Å²) in [6, 6.07) is 1.87. The standard InChI is InChI=1S/C15H20N2O3/c1-12-10-13(2)17(16-12)15(19)9-7-5-4-6-8-14(11-18)20-3/h5,7,10H,4,6,8-9H2,1-3H3/b7-5+. The van der Waals surface area contributed by atoms with Crippen molar-refractivity contribution in [1.82, 2.24) is 9.78 Å². The summed E-state index contributed by atoms with van der Waals surface area (Å²) >= 11 is 0. The fourth-order valence-electron chi connectivity index (χ4n) is 1.85. The maximum absolute atomic E-state index is 11.9. The minimum absolute atomic E-state index is 0.0442.